The van der Waals surface area contributed by atoms with E-state index in [1.807, 2.05) is 19.9 Å². The van der Waals surface area contributed by atoms with Gasteiger partial charge in [-0.05, 0) is 30.2 Å². The van der Waals surface area contributed by atoms with E-state index in [0.717, 1.165) is 0 Å². The molecule has 1 amide bonds. The first-order valence-corrected chi connectivity index (χ1v) is 7.27. The maximum Gasteiger partial charge on any atom is 0.265 e. The standard InChI is InChI=1S/C18H18N2O3/c1-12(2)17(23-16-10-6-3-7-13(16)11-19)18(22)20-14-8-4-5-9-15(14)21/h3-10,12,17,21H,1-2H3,(H,20,22)/t17-/m1/s1. The zero-order valence-corrected chi connectivity index (χ0v) is 13.0. The van der Waals surface area contributed by atoms with E-state index >= 15 is 0 Å². The van der Waals surface area contributed by atoms with Crippen molar-refractivity contribution in [3.63, 3.8) is 0 Å². The molecule has 0 bridgehead atoms. The van der Waals surface area contributed by atoms with Crippen LogP contribution in [0.1, 0.15) is 19.4 Å². The molecule has 2 aromatic rings. The summed E-state index contributed by atoms with van der Waals surface area (Å²) in [5.74, 6) is -0.149. The number of para-hydroxylation sites is 3. The highest BCUT2D eigenvalue weighted by Gasteiger charge is 2.25. The molecule has 0 aliphatic heterocycles. The monoisotopic (exact) mass is 310 g/mol. The van der Waals surface area contributed by atoms with Gasteiger partial charge in [-0.3, -0.25) is 4.79 Å². The van der Waals surface area contributed by atoms with Gasteiger partial charge >= 0.3 is 0 Å². The summed E-state index contributed by atoms with van der Waals surface area (Å²) in [5, 5.41) is 21.5. The lowest BCUT2D eigenvalue weighted by Gasteiger charge is -2.22. The third-order valence-corrected chi connectivity index (χ3v) is 3.29. The van der Waals surface area contributed by atoms with Crippen LogP contribution >= 0.6 is 0 Å². The normalized spacial score (nSPS) is 11.6. The molecule has 0 aliphatic carbocycles. The second-order valence-corrected chi connectivity index (χ2v) is 5.40. The lowest BCUT2D eigenvalue weighted by atomic mass is 10.1. The highest BCUT2D eigenvalue weighted by atomic mass is 16.5. The van der Waals surface area contributed by atoms with Gasteiger partial charge in [-0.25, -0.2) is 0 Å². The van der Waals surface area contributed by atoms with Crippen molar-refractivity contribution in [2.75, 3.05) is 5.32 Å². The number of phenols is 1. The molecule has 0 saturated heterocycles. The number of benzene rings is 2. The number of nitrogens with one attached hydrogen (secondary N) is 1. The predicted octanol–water partition coefficient (Wildman–Crippen LogP) is 3.31. The van der Waals surface area contributed by atoms with Crippen molar-refractivity contribution >= 4 is 11.6 Å². The molecular formula is C18H18N2O3. The number of rotatable bonds is 5. The molecule has 0 saturated carbocycles. The number of carbonyl (C=O) groups is 1. The Balaban J connectivity index is 2.20. The predicted molar refractivity (Wildman–Crippen MR) is 87.1 cm³/mol. The molecule has 0 fully saturated rings. The Bertz CT molecular complexity index is 735. The summed E-state index contributed by atoms with van der Waals surface area (Å²) in [6.45, 7) is 3.70. The van der Waals surface area contributed by atoms with E-state index in [0.29, 0.717) is 17.0 Å². The van der Waals surface area contributed by atoms with Crippen LogP contribution in [0.5, 0.6) is 11.5 Å². The number of hydrogen-bond donors (Lipinski definition) is 2. The lowest BCUT2D eigenvalue weighted by molar-refractivity contribution is -0.124. The topological polar surface area (TPSA) is 82.3 Å². The first-order chi connectivity index (χ1) is 11.0. The Labute approximate surface area is 135 Å². The van der Waals surface area contributed by atoms with E-state index in [9.17, 15) is 9.90 Å². The third kappa shape index (κ3) is 4.01. The van der Waals surface area contributed by atoms with Crippen molar-refractivity contribution < 1.29 is 14.6 Å². The van der Waals surface area contributed by atoms with E-state index in [4.69, 9.17) is 10.00 Å². The second kappa shape index (κ2) is 7.32. The maximum atomic E-state index is 12.5. The molecule has 0 radical (unpaired) electrons. The van der Waals surface area contributed by atoms with Crippen molar-refractivity contribution in [3.8, 4) is 17.6 Å². The fourth-order valence-corrected chi connectivity index (χ4v) is 2.07. The molecule has 0 heterocycles. The zero-order valence-electron chi connectivity index (χ0n) is 13.0. The van der Waals surface area contributed by atoms with Gasteiger partial charge in [-0.15, -0.1) is 0 Å². The summed E-state index contributed by atoms with van der Waals surface area (Å²) in [7, 11) is 0. The van der Waals surface area contributed by atoms with Crippen molar-refractivity contribution in [1.29, 1.82) is 5.26 Å². The average Bonchev–Trinajstić information content (AvgIpc) is 2.54. The summed E-state index contributed by atoms with van der Waals surface area (Å²) < 4.78 is 5.76. The Morgan fingerprint density at radius 1 is 1.17 bits per heavy atom. The third-order valence-electron chi connectivity index (χ3n) is 3.29. The Hall–Kier alpha value is -3.00. The van der Waals surface area contributed by atoms with Crippen LogP contribution in [0.3, 0.4) is 0 Å². The SMILES string of the molecule is CC(C)[C@@H](Oc1ccccc1C#N)C(=O)Nc1ccccc1O. The van der Waals surface area contributed by atoms with Crippen LogP contribution in [0.25, 0.3) is 0 Å². The average molecular weight is 310 g/mol. The van der Waals surface area contributed by atoms with Gasteiger partial charge in [0.1, 0.15) is 17.6 Å². The minimum Gasteiger partial charge on any atom is -0.506 e. The van der Waals surface area contributed by atoms with Crippen molar-refractivity contribution in [1.82, 2.24) is 0 Å². The van der Waals surface area contributed by atoms with Crippen LogP contribution in [-0.4, -0.2) is 17.1 Å². The van der Waals surface area contributed by atoms with Crippen LogP contribution < -0.4 is 10.1 Å². The van der Waals surface area contributed by atoms with Crippen molar-refractivity contribution in [2.24, 2.45) is 5.92 Å². The van der Waals surface area contributed by atoms with Gasteiger partial charge in [-0.2, -0.15) is 5.26 Å². The molecule has 118 valence electrons. The number of carbonyl (C=O) groups excluding carboxylic acids is 1. The van der Waals surface area contributed by atoms with Gasteiger partial charge in [0.05, 0.1) is 11.3 Å². The number of nitriles is 1. The minimum atomic E-state index is -0.788. The molecule has 2 aromatic carbocycles. The fourth-order valence-electron chi connectivity index (χ4n) is 2.07. The highest BCUT2D eigenvalue weighted by Crippen LogP contribution is 2.24. The summed E-state index contributed by atoms with van der Waals surface area (Å²) >= 11 is 0. The van der Waals surface area contributed by atoms with Crippen LogP contribution in [0.2, 0.25) is 0 Å². The molecule has 0 spiro atoms. The summed E-state index contributed by atoms with van der Waals surface area (Å²) in [6.07, 6.45) is -0.788. The quantitative estimate of drug-likeness (QED) is 0.830. The van der Waals surface area contributed by atoms with Gasteiger partial charge in [0.15, 0.2) is 6.10 Å². The molecular weight excluding hydrogens is 292 g/mol. The molecule has 5 nitrogen and oxygen atoms in total. The maximum absolute atomic E-state index is 12.5. The first-order valence-electron chi connectivity index (χ1n) is 7.27. The van der Waals surface area contributed by atoms with E-state index in [2.05, 4.69) is 5.32 Å². The van der Waals surface area contributed by atoms with Crippen molar-refractivity contribution in [3.05, 3.63) is 54.1 Å². The van der Waals surface area contributed by atoms with Gasteiger partial charge in [0.2, 0.25) is 0 Å². The minimum absolute atomic E-state index is 0.0132. The molecule has 2 rings (SSSR count). The smallest absolute Gasteiger partial charge is 0.265 e. The number of aromatic hydroxyl groups is 1. The molecule has 2 N–H and O–H groups in total. The number of amides is 1. The highest BCUT2D eigenvalue weighted by molar-refractivity contribution is 5.95. The zero-order chi connectivity index (χ0) is 16.8. The Morgan fingerprint density at radius 3 is 2.48 bits per heavy atom. The van der Waals surface area contributed by atoms with Crippen LogP contribution in [0.15, 0.2) is 48.5 Å². The van der Waals surface area contributed by atoms with Crippen molar-refractivity contribution in [2.45, 2.75) is 20.0 Å². The van der Waals surface area contributed by atoms with E-state index in [-0.39, 0.29) is 17.6 Å². The Morgan fingerprint density at radius 2 is 1.83 bits per heavy atom. The number of anilines is 1. The van der Waals surface area contributed by atoms with Gasteiger partial charge in [-0.1, -0.05) is 38.1 Å². The number of hydrogen-bond acceptors (Lipinski definition) is 4. The molecule has 23 heavy (non-hydrogen) atoms. The Kier molecular flexibility index (Phi) is 5.21. The van der Waals surface area contributed by atoms with Crippen LogP contribution in [-0.2, 0) is 4.79 Å². The largest absolute Gasteiger partial charge is 0.506 e. The summed E-state index contributed by atoms with van der Waals surface area (Å²) in [5.41, 5.74) is 0.689. The lowest BCUT2D eigenvalue weighted by Crippen LogP contribution is -2.37. The summed E-state index contributed by atoms with van der Waals surface area (Å²) in [4.78, 5) is 12.5. The second-order valence-electron chi connectivity index (χ2n) is 5.40. The molecule has 5 heteroatoms. The molecule has 0 aromatic heterocycles. The first kappa shape index (κ1) is 16.4. The van der Waals surface area contributed by atoms with Crippen LogP contribution in [0.4, 0.5) is 5.69 Å². The van der Waals surface area contributed by atoms with E-state index < -0.39 is 6.10 Å². The van der Waals surface area contributed by atoms with E-state index in [1.54, 1.807) is 42.5 Å². The van der Waals surface area contributed by atoms with Gasteiger partial charge in [0, 0.05) is 0 Å². The fraction of sp³-hybridized carbons (Fsp3) is 0.222. The summed E-state index contributed by atoms with van der Waals surface area (Å²) in [6, 6.07) is 15.3. The van der Waals surface area contributed by atoms with Crippen LogP contribution in [0, 0.1) is 17.2 Å². The van der Waals surface area contributed by atoms with Gasteiger partial charge in [0.25, 0.3) is 5.91 Å². The molecule has 0 aliphatic rings. The number of ether oxygens (including phenoxy) is 1. The van der Waals surface area contributed by atoms with E-state index in [1.165, 1.54) is 6.07 Å². The number of phenolic OH excluding ortho intramolecular Hbond substituents is 1. The number of nitrogens with zero attached hydrogens (tertiary/aromatic N) is 1. The molecule has 0 unspecified atom stereocenters. The molecule has 1 atom stereocenters. The van der Waals surface area contributed by atoms with Gasteiger partial charge < -0.3 is 15.2 Å².